The summed E-state index contributed by atoms with van der Waals surface area (Å²) in [5, 5.41) is 3.05. The molecule has 0 spiro atoms. The van der Waals surface area contributed by atoms with E-state index in [1.54, 1.807) is 19.1 Å². The molecule has 1 amide bonds. The Hall–Kier alpha value is -3.14. The Morgan fingerprint density at radius 1 is 0.972 bits per heavy atom. The van der Waals surface area contributed by atoms with Crippen LogP contribution in [0.25, 0.3) is 0 Å². The monoisotopic (exact) mass is 527 g/mol. The van der Waals surface area contributed by atoms with Gasteiger partial charge in [0.2, 0.25) is 15.9 Å². The molecule has 190 valence electrons. The van der Waals surface area contributed by atoms with Gasteiger partial charge in [-0.05, 0) is 55.0 Å². The number of hydrogen-bond donors (Lipinski definition) is 1. The predicted octanol–water partition coefficient (Wildman–Crippen LogP) is 4.02. The van der Waals surface area contributed by atoms with E-state index in [4.69, 9.17) is 11.6 Å². The Balaban J connectivity index is 1.27. The molecular formula is C26H30ClN5O3S. The molecule has 0 unspecified atom stereocenters. The average molecular weight is 528 g/mol. The number of nitrogens with one attached hydrogen (secondary N) is 1. The molecule has 8 nitrogen and oxygen atoms in total. The Bertz CT molecular complexity index is 1290. The number of carbonyl (C=O) groups excluding carboxylic acids is 1. The summed E-state index contributed by atoms with van der Waals surface area (Å²) in [6.45, 7) is 5.44. The number of aromatic nitrogens is 1. The van der Waals surface area contributed by atoms with Gasteiger partial charge in [-0.25, -0.2) is 12.7 Å². The first-order chi connectivity index (χ1) is 17.3. The first kappa shape index (κ1) is 25.9. The van der Waals surface area contributed by atoms with Crippen molar-refractivity contribution in [2.24, 2.45) is 0 Å². The molecule has 1 aromatic heterocycles. The number of piperazine rings is 1. The van der Waals surface area contributed by atoms with Gasteiger partial charge in [0.25, 0.3) is 0 Å². The van der Waals surface area contributed by atoms with Crippen molar-refractivity contribution in [2.45, 2.75) is 18.2 Å². The Morgan fingerprint density at radius 3 is 2.17 bits per heavy atom. The zero-order chi connectivity index (χ0) is 25.7. The number of pyridine rings is 1. The van der Waals surface area contributed by atoms with Gasteiger partial charge in [0.15, 0.2) is 0 Å². The fraction of sp³-hybridized carbons (Fsp3) is 0.308. The van der Waals surface area contributed by atoms with Crippen molar-refractivity contribution >= 4 is 44.6 Å². The summed E-state index contributed by atoms with van der Waals surface area (Å²) in [6, 6.07) is 16.7. The van der Waals surface area contributed by atoms with Crippen LogP contribution in [0, 0.1) is 6.92 Å². The van der Waals surface area contributed by atoms with Crippen molar-refractivity contribution in [3.8, 4) is 0 Å². The Kier molecular flexibility index (Phi) is 8.13. The lowest BCUT2D eigenvalue weighted by molar-refractivity contribution is -0.116. The van der Waals surface area contributed by atoms with E-state index in [0.29, 0.717) is 11.3 Å². The number of aryl methyl sites for hydroxylation is 1. The maximum Gasteiger partial charge on any atom is 0.244 e. The van der Waals surface area contributed by atoms with Gasteiger partial charge < -0.3 is 15.1 Å². The summed E-state index contributed by atoms with van der Waals surface area (Å²) in [5.41, 5.74) is 3.64. The van der Waals surface area contributed by atoms with Gasteiger partial charge in [-0.15, -0.1) is 0 Å². The van der Waals surface area contributed by atoms with E-state index < -0.39 is 10.0 Å². The summed E-state index contributed by atoms with van der Waals surface area (Å²) in [5.74, 6) is -0.258. The van der Waals surface area contributed by atoms with Gasteiger partial charge in [0.1, 0.15) is 4.90 Å². The molecule has 10 heteroatoms. The van der Waals surface area contributed by atoms with Crippen LogP contribution in [0.15, 0.2) is 71.9 Å². The quantitative estimate of drug-likeness (QED) is 0.476. The highest BCUT2D eigenvalue weighted by Gasteiger charge is 2.24. The number of sulfonamides is 1. The number of hydrogen-bond acceptors (Lipinski definition) is 6. The Morgan fingerprint density at radius 2 is 1.56 bits per heavy atom. The SMILES string of the molecule is Cc1cccc(S(=O)(=O)N(C)CCC(=O)Nc2ccc(N3CCN(c4ccncc4)CC3)cc2)c1Cl. The van der Waals surface area contributed by atoms with E-state index in [1.165, 1.54) is 18.8 Å². The standard InChI is InChI=1S/C26H30ClN5O3S/c1-20-4-3-5-24(26(20)27)36(34,35)30(2)15-12-25(33)29-21-6-8-22(9-7-21)31-16-18-32(19-17-31)23-10-13-28-14-11-23/h3-11,13-14H,12,15-19H2,1-2H3,(H,29,33). The second-order valence-corrected chi connectivity index (χ2v) is 11.1. The highest BCUT2D eigenvalue weighted by atomic mass is 35.5. The van der Waals surface area contributed by atoms with Crippen LogP contribution >= 0.6 is 11.6 Å². The molecule has 0 atom stereocenters. The van der Waals surface area contributed by atoms with Gasteiger partial charge in [0.05, 0.1) is 5.02 Å². The minimum Gasteiger partial charge on any atom is -0.368 e. The molecule has 0 bridgehead atoms. The summed E-state index contributed by atoms with van der Waals surface area (Å²) in [6.07, 6.45) is 3.65. The van der Waals surface area contributed by atoms with E-state index in [0.717, 1.165) is 36.2 Å². The van der Waals surface area contributed by atoms with E-state index >= 15 is 0 Å². The van der Waals surface area contributed by atoms with Crippen LogP contribution < -0.4 is 15.1 Å². The van der Waals surface area contributed by atoms with E-state index in [-0.39, 0.29) is 28.8 Å². The lowest BCUT2D eigenvalue weighted by Crippen LogP contribution is -2.46. The topological polar surface area (TPSA) is 85.8 Å². The van der Waals surface area contributed by atoms with Crippen molar-refractivity contribution in [1.82, 2.24) is 9.29 Å². The van der Waals surface area contributed by atoms with Crippen molar-refractivity contribution < 1.29 is 13.2 Å². The molecule has 1 saturated heterocycles. The van der Waals surface area contributed by atoms with Gasteiger partial charge in [-0.1, -0.05) is 23.7 Å². The molecule has 1 aliphatic rings. The lowest BCUT2D eigenvalue weighted by Gasteiger charge is -2.37. The minimum atomic E-state index is -3.79. The predicted molar refractivity (Wildman–Crippen MR) is 144 cm³/mol. The summed E-state index contributed by atoms with van der Waals surface area (Å²) in [4.78, 5) is 21.3. The molecule has 2 heterocycles. The summed E-state index contributed by atoms with van der Waals surface area (Å²) in [7, 11) is -2.34. The number of halogens is 1. The normalized spacial score (nSPS) is 14.2. The molecule has 36 heavy (non-hydrogen) atoms. The largest absolute Gasteiger partial charge is 0.368 e. The van der Waals surface area contributed by atoms with Crippen LogP contribution in [-0.4, -0.2) is 63.4 Å². The Labute approximate surface area is 217 Å². The third kappa shape index (κ3) is 5.98. The van der Waals surface area contributed by atoms with Crippen LogP contribution in [0.5, 0.6) is 0 Å². The van der Waals surface area contributed by atoms with Gasteiger partial charge in [0, 0.05) is 75.6 Å². The molecule has 1 aliphatic heterocycles. The highest BCUT2D eigenvalue weighted by molar-refractivity contribution is 7.89. The molecular weight excluding hydrogens is 498 g/mol. The highest BCUT2D eigenvalue weighted by Crippen LogP contribution is 2.27. The fourth-order valence-electron chi connectivity index (χ4n) is 4.12. The third-order valence-electron chi connectivity index (χ3n) is 6.32. The summed E-state index contributed by atoms with van der Waals surface area (Å²) >= 11 is 6.20. The zero-order valence-electron chi connectivity index (χ0n) is 20.4. The number of amides is 1. The van der Waals surface area contributed by atoms with Gasteiger partial charge >= 0.3 is 0 Å². The number of anilines is 3. The lowest BCUT2D eigenvalue weighted by atomic mass is 10.2. The minimum absolute atomic E-state index is 0.0257. The molecule has 4 rings (SSSR count). The van der Waals surface area contributed by atoms with Crippen molar-refractivity contribution in [1.29, 1.82) is 0 Å². The molecule has 1 fully saturated rings. The van der Waals surface area contributed by atoms with E-state index in [9.17, 15) is 13.2 Å². The number of carbonyl (C=O) groups is 1. The molecule has 0 radical (unpaired) electrons. The first-order valence-corrected chi connectivity index (χ1v) is 13.6. The molecule has 0 aliphatic carbocycles. The number of benzene rings is 2. The van der Waals surface area contributed by atoms with Crippen LogP contribution in [0.2, 0.25) is 5.02 Å². The molecule has 0 saturated carbocycles. The zero-order valence-corrected chi connectivity index (χ0v) is 22.0. The van der Waals surface area contributed by atoms with Crippen LogP contribution in [0.3, 0.4) is 0 Å². The second kappa shape index (κ2) is 11.3. The smallest absolute Gasteiger partial charge is 0.244 e. The fourth-order valence-corrected chi connectivity index (χ4v) is 5.85. The second-order valence-electron chi connectivity index (χ2n) is 8.74. The van der Waals surface area contributed by atoms with Crippen LogP contribution in [0.1, 0.15) is 12.0 Å². The van der Waals surface area contributed by atoms with Crippen LogP contribution in [-0.2, 0) is 14.8 Å². The molecule has 1 N–H and O–H groups in total. The molecule has 2 aromatic carbocycles. The maximum absolute atomic E-state index is 12.9. The number of rotatable bonds is 8. The first-order valence-electron chi connectivity index (χ1n) is 11.8. The number of nitrogens with zero attached hydrogens (tertiary/aromatic N) is 4. The van der Waals surface area contributed by atoms with E-state index in [2.05, 4.69) is 20.1 Å². The average Bonchev–Trinajstić information content (AvgIpc) is 2.90. The third-order valence-corrected chi connectivity index (χ3v) is 8.84. The van der Waals surface area contributed by atoms with E-state index in [1.807, 2.05) is 48.8 Å². The molecule has 3 aromatic rings. The van der Waals surface area contributed by atoms with Crippen molar-refractivity contribution in [2.75, 3.05) is 54.9 Å². The summed E-state index contributed by atoms with van der Waals surface area (Å²) < 4.78 is 26.9. The van der Waals surface area contributed by atoms with Crippen LogP contribution in [0.4, 0.5) is 17.1 Å². The van der Waals surface area contributed by atoms with Gasteiger partial charge in [-0.3, -0.25) is 9.78 Å². The van der Waals surface area contributed by atoms with Crippen molar-refractivity contribution in [3.63, 3.8) is 0 Å². The van der Waals surface area contributed by atoms with Crippen molar-refractivity contribution in [3.05, 3.63) is 77.6 Å². The maximum atomic E-state index is 12.9. The van der Waals surface area contributed by atoms with Gasteiger partial charge in [-0.2, -0.15) is 0 Å².